The maximum atomic E-state index is 5.86. The van der Waals surface area contributed by atoms with Gasteiger partial charge in [-0.25, -0.2) is 0 Å². The van der Waals surface area contributed by atoms with Gasteiger partial charge < -0.3 is 19.3 Å². The summed E-state index contributed by atoms with van der Waals surface area (Å²) in [6.07, 6.45) is 0. The molecule has 0 atom stereocenters. The molecule has 0 amide bonds. The monoisotopic (exact) mass is 492 g/mol. The minimum Gasteiger partial charge on any atom is -0.490 e. The van der Waals surface area contributed by atoms with Gasteiger partial charge >= 0.3 is 0 Å². The van der Waals surface area contributed by atoms with Gasteiger partial charge in [0, 0.05) is 61.1 Å². The molecule has 0 fully saturated rings. The molecule has 2 rings (SSSR count). The van der Waals surface area contributed by atoms with Gasteiger partial charge in [0.1, 0.15) is 24.7 Å². The number of nitrogens with zero attached hydrogens (tertiary/aromatic N) is 2. The van der Waals surface area contributed by atoms with E-state index in [1.54, 1.807) is 0 Å². The molecule has 0 spiro atoms. The Labute approximate surface area is 199 Å². The average molecular weight is 494 g/mol. The summed E-state index contributed by atoms with van der Waals surface area (Å²) in [5.41, 5.74) is 2.16. The van der Waals surface area contributed by atoms with E-state index in [9.17, 15) is 0 Å². The molecule has 0 bridgehead atoms. The van der Waals surface area contributed by atoms with Crippen LogP contribution >= 0.6 is 46.4 Å². The van der Waals surface area contributed by atoms with E-state index in [-0.39, 0.29) is 0 Å². The molecular weight excluding hydrogens is 466 g/mol. The van der Waals surface area contributed by atoms with E-state index >= 15 is 0 Å². The first-order chi connectivity index (χ1) is 14.7. The van der Waals surface area contributed by atoms with Crippen LogP contribution in [0.2, 0.25) is 0 Å². The van der Waals surface area contributed by atoms with Crippen LogP contribution in [-0.2, 0) is 0 Å². The number of alkyl halides is 4. The molecule has 2 aromatic carbocycles. The Morgan fingerprint density at radius 3 is 1.07 bits per heavy atom. The number of rotatable bonds is 15. The first-order valence-corrected chi connectivity index (χ1v) is 12.0. The summed E-state index contributed by atoms with van der Waals surface area (Å²) in [6, 6.07) is 15.8. The highest BCUT2D eigenvalue weighted by molar-refractivity contribution is 6.19. The van der Waals surface area contributed by atoms with E-state index in [0.717, 1.165) is 49.1 Å². The molecule has 0 aliphatic heterocycles. The van der Waals surface area contributed by atoms with Crippen molar-refractivity contribution in [3.05, 3.63) is 48.5 Å². The van der Waals surface area contributed by atoms with Gasteiger partial charge in [-0.1, -0.05) is 0 Å². The lowest BCUT2D eigenvalue weighted by atomic mass is 10.2. The Kier molecular flexibility index (Phi) is 12.3. The summed E-state index contributed by atoms with van der Waals surface area (Å²) in [6.45, 7) is 3.96. The average Bonchev–Trinajstić information content (AvgIpc) is 2.77. The Morgan fingerprint density at radius 1 is 0.500 bits per heavy atom. The van der Waals surface area contributed by atoms with Gasteiger partial charge in [0.25, 0.3) is 0 Å². The maximum absolute atomic E-state index is 5.86. The number of benzene rings is 2. The normalized spacial score (nSPS) is 10.7. The predicted molar refractivity (Wildman–Crippen MR) is 131 cm³/mol. The molecule has 0 heterocycles. The van der Waals surface area contributed by atoms with Crippen LogP contribution in [0.1, 0.15) is 0 Å². The Bertz CT molecular complexity index is 628. The predicted octanol–water partition coefficient (Wildman–Crippen LogP) is 5.71. The van der Waals surface area contributed by atoms with Crippen molar-refractivity contribution in [3.8, 4) is 11.5 Å². The third kappa shape index (κ3) is 8.50. The summed E-state index contributed by atoms with van der Waals surface area (Å²) in [7, 11) is 0. The molecule has 0 aliphatic rings. The molecule has 0 unspecified atom stereocenters. The third-order valence-electron chi connectivity index (χ3n) is 4.44. The van der Waals surface area contributed by atoms with Crippen molar-refractivity contribution in [2.24, 2.45) is 0 Å². The highest BCUT2D eigenvalue weighted by atomic mass is 35.5. The van der Waals surface area contributed by atoms with Crippen LogP contribution in [-0.4, -0.2) is 62.9 Å². The topological polar surface area (TPSA) is 24.9 Å². The zero-order chi connectivity index (χ0) is 21.6. The van der Waals surface area contributed by atoms with Crippen LogP contribution in [0.15, 0.2) is 48.5 Å². The molecule has 0 aromatic heterocycles. The van der Waals surface area contributed by atoms with E-state index in [0.29, 0.717) is 36.7 Å². The number of ether oxygens (including phenoxy) is 2. The fourth-order valence-electron chi connectivity index (χ4n) is 2.97. The summed E-state index contributed by atoms with van der Waals surface area (Å²) < 4.78 is 11.6. The van der Waals surface area contributed by atoms with E-state index < -0.39 is 0 Å². The van der Waals surface area contributed by atoms with Gasteiger partial charge in [0.15, 0.2) is 0 Å². The lowest BCUT2D eigenvalue weighted by molar-refractivity contribution is 0.217. The number of anilines is 2. The summed E-state index contributed by atoms with van der Waals surface area (Å²) in [5.74, 6) is 3.84. The number of halogens is 4. The van der Waals surface area contributed by atoms with Gasteiger partial charge in [-0.15, -0.1) is 46.4 Å². The third-order valence-corrected chi connectivity index (χ3v) is 5.12. The van der Waals surface area contributed by atoms with Crippen molar-refractivity contribution < 1.29 is 9.47 Å². The van der Waals surface area contributed by atoms with Crippen LogP contribution < -0.4 is 19.3 Å². The molecule has 0 aliphatic carbocycles. The molecular formula is C22H28Cl4N2O2. The van der Waals surface area contributed by atoms with Crippen molar-refractivity contribution in [3.63, 3.8) is 0 Å². The smallest absolute Gasteiger partial charge is 0.122 e. The molecule has 8 heteroatoms. The van der Waals surface area contributed by atoms with Crippen molar-refractivity contribution in [1.82, 2.24) is 0 Å². The molecule has 166 valence electrons. The van der Waals surface area contributed by atoms with Gasteiger partial charge in [0.2, 0.25) is 0 Å². The van der Waals surface area contributed by atoms with Gasteiger partial charge in [-0.05, 0) is 48.5 Å². The van der Waals surface area contributed by atoms with Crippen LogP contribution in [0, 0.1) is 0 Å². The highest BCUT2D eigenvalue weighted by Gasteiger charge is 2.07. The molecule has 0 saturated heterocycles. The first kappa shape index (κ1) is 25.1. The van der Waals surface area contributed by atoms with E-state index in [1.807, 2.05) is 48.5 Å². The number of hydrogen-bond acceptors (Lipinski definition) is 4. The van der Waals surface area contributed by atoms with Crippen molar-refractivity contribution >= 4 is 57.8 Å². The van der Waals surface area contributed by atoms with E-state index in [1.165, 1.54) is 0 Å². The largest absolute Gasteiger partial charge is 0.490 e. The minimum atomic E-state index is 0.457. The summed E-state index contributed by atoms with van der Waals surface area (Å²) in [4.78, 5) is 4.30. The minimum absolute atomic E-state index is 0.457. The van der Waals surface area contributed by atoms with Crippen LogP contribution in [0.3, 0.4) is 0 Å². The quantitative estimate of drug-likeness (QED) is 0.234. The second-order valence-corrected chi connectivity index (χ2v) is 7.93. The molecule has 0 N–H and O–H groups in total. The fraction of sp³-hybridized carbons (Fsp3) is 0.455. The van der Waals surface area contributed by atoms with Crippen molar-refractivity contribution in [2.75, 3.05) is 72.7 Å². The second kappa shape index (κ2) is 14.7. The van der Waals surface area contributed by atoms with Crippen LogP contribution in [0.5, 0.6) is 11.5 Å². The van der Waals surface area contributed by atoms with Crippen LogP contribution in [0.25, 0.3) is 0 Å². The molecule has 2 aromatic rings. The SMILES string of the molecule is ClCCN(CCCl)c1ccc(OCCOc2ccc(N(CCCl)CCCl)cc2)cc1. The Balaban J connectivity index is 1.78. The van der Waals surface area contributed by atoms with E-state index in [4.69, 9.17) is 55.9 Å². The zero-order valence-corrected chi connectivity index (χ0v) is 19.9. The summed E-state index contributed by atoms with van der Waals surface area (Å²) >= 11 is 23.5. The highest BCUT2D eigenvalue weighted by Crippen LogP contribution is 2.21. The lowest BCUT2D eigenvalue weighted by Crippen LogP contribution is -2.27. The number of hydrogen-bond donors (Lipinski definition) is 0. The zero-order valence-electron chi connectivity index (χ0n) is 16.9. The second-order valence-electron chi connectivity index (χ2n) is 6.41. The standard InChI is InChI=1S/C22H28Cl4N2O2/c23-9-13-27(14-10-24)19-1-5-21(6-2-19)29-17-18-30-22-7-3-20(4-8-22)28(15-11-25)16-12-26/h1-8H,9-18H2. The lowest BCUT2D eigenvalue weighted by Gasteiger charge is -2.23. The van der Waals surface area contributed by atoms with Gasteiger partial charge in [0.05, 0.1) is 0 Å². The Morgan fingerprint density at radius 2 is 0.800 bits per heavy atom. The molecule has 30 heavy (non-hydrogen) atoms. The maximum Gasteiger partial charge on any atom is 0.122 e. The van der Waals surface area contributed by atoms with Crippen LogP contribution in [0.4, 0.5) is 11.4 Å². The molecule has 0 saturated carbocycles. The van der Waals surface area contributed by atoms with Crippen molar-refractivity contribution in [1.29, 1.82) is 0 Å². The molecule has 0 radical (unpaired) electrons. The van der Waals surface area contributed by atoms with Gasteiger partial charge in [-0.2, -0.15) is 0 Å². The fourth-order valence-corrected chi connectivity index (χ4v) is 3.79. The van der Waals surface area contributed by atoms with Crippen molar-refractivity contribution in [2.45, 2.75) is 0 Å². The first-order valence-electron chi connectivity index (χ1n) is 9.91. The van der Waals surface area contributed by atoms with Gasteiger partial charge in [-0.3, -0.25) is 0 Å². The molecule has 4 nitrogen and oxygen atoms in total. The van der Waals surface area contributed by atoms with E-state index in [2.05, 4.69) is 9.80 Å². The Hall–Kier alpha value is -1.20. The summed E-state index contributed by atoms with van der Waals surface area (Å²) in [5, 5.41) is 0.